The van der Waals surface area contributed by atoms with Gasteiger partial charge in [0.25, 0.3) is 5.91 Å². The maximum Gasteiger partial charge on any atom is 0.251 e. The molecule has 1 atom stereocenters. The number of ketones is 1. The number of aryl methyl sites for hydroxylation is 1. The highest BCUT2D eigenvalue weighted by molar-refractivity contribution is 6.02. The van der Waals surface area contributed by atoms with Crippen molar-refractivity contribution in [1.29, 1.82) is 0 Å². The van der Waals surface area contributed by atoms with Crippen LogP contribution in [-0.4, -0.2) is 42.8 Å². The number of piperidine rings is 1. The molecule has 4 nitrogen and oxygen atoms in total. The van der Waals surface area contributed by atoms with Crippen molar-refractivity contribution in [2.24, 2.45) is 5.92 Å². The number of hydrogen-bond donors (Lipinski definition) is 1. The van der Waals surface area contributed by atoms with Crippen molar-refractivity contribution in [2.45, 2.75) is 44.4 Å². The topological polar surface area (TPSA) is 49.4 Å². The van der Waals surface area contributed by atoms with Crippen molar-refractivity contribution < 1.29 is 14.0 Å². The first-order valence-corrected chi connectivity index (χ1v) is 13.5. The lowest BCUT2D eigenvalue weighted by Crippen LogP contribution is -2.35. The average Bonchev–Trinajstić information content (AvgIpc) is 2.94. The first kappa shape index (κ1) is 25.3. The smallest absolute Gasteiger partial charge is 0.251 e. The van der Waals surface area contributed by atoms with E-state index in [1.165, 1.54) is 24.5 Å². The van der Waals surface area contributed by atoms with Crippen molar-refractivity contribution in [3.05, 3.63) is 106 Å². The van der Waals surface area contributed by atoms with E-state index in [2.05, 4.69) is 40.5 Å². The van der Waals surface area contributed by atoms with Crippen LogP contribution in [0.1, 0.15) is 69.0 Å². The molecule has 3 aromatic carbocycles. The summed E-state index contributed by atoms with van der Waals surface area (Å²) in [6.45, 7) is 3.51. The van der Waals surface area contributed by atoms with Gasteiger partial charge in [-0.1, -0.05) is 54.6 Å². The Morgan fingerprint density at radius 3 is 2.49 bits per heavy atom. The van der Waals surface area contributed by atoms with E-state index in [4.69, 9.17) is 0 Å². The first-order valence-electron chi connectivity index (χ1n) is 13.5. The number of nitrogens with one attached hydrogen (secondary N) is 1. The van der Waals surface area contributed by atoms with E-state index in [1.54, 1.807) is 24.3 Å². The molecular formula is C32H35FN2O2. The molecule has 0 spiro atoms. The van der Waals surface area contributed by atoms with Crippen LogP contribution in [0.5, 0.6) is 0 Å². The number of benzene rings is 3. The highest BCUT2D eigenvalue weighted by Crippen LogP contribution is 2.31. The average molecular weight is 499 g/mol. The van der Waals surface area contributed by atoms with Crippen LogP contribution < -0.4 is 5.32 Å². The van der Waals surface area contributed by atoms with E-state index in [0.29, 0.717) is 30.0 Å². The lowest BCUT2D eigenvalue weighted by atomic mass is 9.80. The molecule has 2 aliphatic rings. The summed E-state index contributed by atoms with van der Waals surface area (Å²) in [6, 6.07) is 22.8. The number of fused-ring (bicyclic) bond motifs is 1. The van der Waals surface area contributed by atoms with Gasteiger partial charge >= 0.3 is 0 Å². The van der Waals surface area contributed by atoms with Crippen LogP contribution in [0.25, 0.3) is 0 Å². The number of Topliss-reactive ketones (excluding diaryl/α,β-unsaturated/α-hetero) is 1. The Morgan fingerprint density at radius 2 is 1.70 bits per heavy atom. The Kier molecular flexibility index (Phi) is 8.10. The van der Waals surface area contributed by atoms with Gasteiger partial charge in [-0.15, -0.1) is 0 Å². The Bertz CT molecular complexity index is 1230. The van der Waals surface area contributed by atoms with E-state index >= 15 is 0 Å². The lowest BCUT2D eigenvalue weighted by molar-refractivity contribution is 0.0875. The van der Waals surface area contributed by atoms with Crippen LogP contribution in [0.4, 0.5) is 4.39 Å². The fraction of sp³-hybridized carbons (Fsp3) is 0.375. The minimum absolute atomic E-state index is 0.0554. The minimum Gasteiger partial charge on any atom is -0.352 e. The van der Waals surface area contributed by atoms with Crippen molar-refractivity contribution in [3.63, 3.8) is 0 Å². The van der Waals surface area contributed by atoms with Crippen LogP contribution in [0.15, 0.2) is 72.8 Å². The van der Waals surface area contributed by atoms with Gasteiger partial charge in [0, 0.05) is 23.6 Å². The van der Waals surface area contributed by atoms with Gasteiger partial charge in [-0.2, -0.15) is 0 Å². The third-order valence-corrected chi connectivity index (χ3v) is 8.06. The maximum absolute atomic E-state index is 13.8. The predicted molar refractivity (Wildman–Crippen MR) is 144 cm³/mol. The van der Waals surface area contributed by atoms with Crippen LogP contribution in [0.3, 0.4) is 0 Å². The van der Waals surface area contributed by atoms with Crippen molar-refractivity contribution in [2.75, 3.05) is 26.2 Å². The molecular weight excluding hydrogens is 463 g/mol. The summed E-state index contributed by atoms with van der Waals surface area (Å²) in [6.07, 6.45) is 5.34. The number of halogens is 1. The van der Waals surface area contributed by atoms with E-state index in [1.807, 2.05) is 12.1 Å². The Balaban J connectivity index is 1.10. The van der Waals surface area contributed by atoms with Gasteiger partial charge in [0.2, 0.25) is 0 Å². The minimum atomic E-state index is -0.254. The van der Waals surface area contributed by atoms with Gasteiger partial charge in [-0.05, 0) is 99.0 Å². The monoisotopic (exact) mass is 498 g/mol. The largest absolute Gasteiger partial charge is 0.352 e. The standard InChI is InChI=1S/C32H35FN2O2/c33-30-9-5-4-8-25(30)14-18-34-32(37)28-12-13-29-27(22-28)11-10-26(31(29)36)17-21-35-19-15-24(16-20-35)23-6-2-1-3-7-23/h1-9,12-13,22,24,26H,10-11,14-21H2,(H,34,37). The molecule has 1 aliphatic carbocycles. The second kappa shape index (κ2) is 11.8. The highest BCUT2D eigenvalue weighted by Gasteiger charge is 2.29. The lowest BCUT2D eigenvalue weighted by Gasteiger charge is -2.33. The van der Waals surface area contributed by atoms with E-state index < -0.39 is 0 Å². The molecule has 192 valence electrons. The molecule has 1 saturated heterocycles. The number of likely N-dealkylation sites (tertiary alicyclic amines) is 1. The summed E-state index contributed by atoms with van der Waals surface area (Å²) in [4.78, 5) is 28.4. The van der Waals surface area contributed by atoms with E-state index in [0.717, 1.165) is 50.0 Å². The molecule has 1 amide bonds. The quantitative estimate of drug-likeness (QED) is 0.426. The molecule has 37 heavy (non-hydrogen) atoms. The van der Waals surface area contributed by atoms with Crippen molar-refractivity contribution in [1.82, 2.24) is 10.2 Å². The fourth-order valence-corrected chi connectivity index (χ4v) is 5.81. The number of nitrogens with zero attached hydrogens (tertiary/aromatic N) is 1. The molecule has 1 unspecified atom stereocenters. The third-order valence-electron chi connectivity index (χ3n) is 8.06. The summed E-state index contributed by atoms with van der Waals surface area (Å²) < 4.78 is 13.8. The maximum atomic E-state index is 13.8. The second-order valence-electron chi connectivity index (χ2n) is 10.4. The SMILES string of the molecule is O=C(NCCc1ccccc1F)c1ccc2c(c1)CCC(CCN1CCC(c3ccccc3)CC1)C2=O. The van der Waals surface area contributed by atoms with Crippen LogP contribution in [0.2, 0.25) is 0 Å². The Morgan fingerprint density at radius 1 is 0.946 bits per heavy atom. The number of rotatable bonds is 8. The first-order chi connectivity index (χ1) is 18.1. The molecule has 0 aromatic heterocycles. The molecule has 0 radical (unpaired) electrons. The van der Waals surface area contributed by atoms with Crippen LogP contribution in [0, 0.1) is 11.7 Å². The number of carbonyl (C=O) groups is 2. The summed E-state index contributed by atoms with van der Waals surface area (Å²) >= 11 is 0. The van der Waals surface area contributed by atoms with Crippen molar-refractivity contribution >= 4 is 11.7 Å². The molecule has 1 heterocycles. The molecule has 1 N–H and O–H groups in total. The highest BCUT2D eigenvalue weighted by atomic mass is 19.1. The van der Waals surface area contributed by atoms with Crippen molar-refractivity contribution in [3.8, 4) is 0 Å². The van der Waals surface area contributed by atoms with Crippen LogP contribution in [-0.2, 0) is 12.8 Å². The summed E-state index contributed by atoms with van der Waals surface area (Å²) in [7, 11) is 0. The number of amides is 1. The zero-order valence-electron chi connectivity index (χ0n) is 21.3. The molecule has 5 rings (SSSR count). The number of hydrogen-bond acceptors (Lipinski definition) is 3. The number of carbonyl (C=O) groups excluding carboxylic acids is 2. The fourth-order valence-electron chi connectivity index (χ4n) is 5.81. The van der Waals surface area contributed by atoms with Gasteiger partial charge < -0.3 is 10.2 Å². The molecule has 1 fully saturated rings. The molecule has 0 bridgehead atoms. The van der Waals surface area contributed by atoms with Gasteiger partial charge in [0.1, 0.15) is 5.82 Å². The van der Waals surface area contributed by atoms with Gasteiger partial charge in [-0.25, -0.2) is 4.39 Å². The second-order valence-corrected chi connectivity index (χ2v) is 10.4. The molecule has 3 aromatic rings. The molecule has 0 saturated carbocycles. The zero-order valence-corrected chi connectivity index (χ0v) is 21.3. The summed E-state index contributed by atoms with van der Waals surface area (Å²) in [5.74, 6) is 0.473. The van der Waals surface area contributed by atoms with Crippen LogP contribution >= 0.6 is 0 Å². The van der Waals surface area contributed by atoms with E-state index in [-0.39, 0.29) is 23.4 Å². The normalized spacial score (nSPS) is 18.4. The zero-order chi connectivity index (χ0) is 25.6. The third kappa shape index (κ3) is 6.16. The van der Waals surface area contributed by atoms with E-state index in [9.17, 15) is 14.0 Å². The Labute approximate surface area is 218 Å². The predicted octanol–water partition coefficient (Wildman–Crippen LogP) is 5.81. The summed E-state index contributed by atoms with van der Waals surface area (Å²) in [5, 5.41) is 2.88. The van der Waals surface area contributed by atoms with Gasteiger partial charge in [-0.3, -0.25) is 9.59 Å². The molecule has 5 heteroatoms. The molecule has 1 aliphatic heterocycles. The summed E-state index contributed by atoms with van der Waals surface area (Å²) in [5.41, 5.74) is 4.32. The van der Waals surface area contributed by atoms with Gasteiger partial charge in [0.05, 0.1) is 0 Å². The Hall–Kier alpha value is -3.31. The van der Waals surface area contributed by atoms with Gasteiger partial charge in [0.15, 0.2) is 5.78 Å².